The van der Waals surface area contributed by atoms with Gasteiger partial charge in [-0.15, -0.1) is 0 Å². The van der Waals surface area contributed by atoms with Crippen LogP contribution in [-0.2, 0) is 16.6 Å². The average molecular weight is 519 g/mol. The van der Waals surface area contributed by atoms with Crippen molar-refractivity contribution < 1.29 is 18.3 Å². The number of anilines is 2. The molecule has 0 unspecified atom stereocenters. The van der Waals surface area contributed by atoms with E-state index in [1.807, 2.05) is 33.7 Å². The SMILES string of the molecule is CCCN(CCO)c1cc(N2CCN(S(C)(=O)=O)CC2)nc(-n2c(CN)nc3c(OC)cccc32)n1. The molecule has 3 aromatic rings. The normalized spacial score (nSPS) is 15.0. The number of hydrogen-bond acceptors (Lipinski definition) is 10. The van der Waals surface area contributed by atoms with Gasteiger partial charge < -0.3 is 25.4 Å². The van der Waals surface area contributed by atoms with Crippen LogP contribution in [0.15, 0.2) is 24.3 Å². The summed E-state index contributed by atoms with van der Waals surface area (Å²) in [5.41, 5.74) is 7.51. The third kappa shape index (κ3) is 5.24. The Morgan fingerprint density at radius 3 is 2.50 bits per heavy atom. The van der Waals surface area contributed by atoms with Gasteiger partial charge in [-0.2, -0.15) is 14.3 Å². The van der Waals surface area contributed by atoms with Gasteiger partial charge in [0.05, 0.1) is 32.0 Å². The minimum atomic E-state index is -3.25. The van der Waals surface area contributed by atoms with Crippen molar-refractivity contribution in [1.82, 2.24) is 23.8 Å². The number of hydrogen-bond donors (Lipinski definition) is 2. The lowest BCUT2D eigenvalue weighted by Crippen LogP contribution is -2.48. The highest BCUT2D eigenvalue weighted by Gasteiger charge is 2.26. The summed E-state index contributed by atoms with van der Waals surface area (Å²) in [6, 6.07) is 7.53. The lowest BCUT2D eigenvalue weighted by molar-refractivity contribution is 0.301. The Bertz CT molecular complexity index is 1300. The summed E-state index contributed by atoms with van der Waals surface area (Å²) < 4.78 is 32.8. The minimum absolute atomic E-state index is 0.0129. The number of aromatic nitrogens is 4. The van der Waals surface area contributed by atoms with Crippen molar-refractivity contribution in [2.45, 2.75) is 19.9 Å². The molecule has 0 radical (unpaired) electrons. The first-order chi connectivity index (χ1) is 17.3. The molecule has 0 bridgehead atoms. The molecule has 1 aliphatic rings. The van der Waals surface area contributed by atoms with E-state index in [0.717, 1.165) is 11.9 Å². The van der Waals surface area contributed by atoms with Gasteiger partial charge in [0.25, 0.3) is 0 Å². The molecule has 0 amide bonds. The number of aliphatic hydroxyl groups is 1. The van der Waals surface area contributed by atoms with Gasteiger partial charge >= 0.3 is 0 Å². The molecule has 13 heteroatoms. The van der Waals surface area contributed by atoms with E-state index in [1.54, 1.807) is 7.11 Å². The van der Waals surface area contributed by atoms with E-state index in [0.29, 0.717) is 73.9 Å². The molecule has 1 aromatic carbocycles. The number of piperazine rings is 1. The van der Waals surface area contributed by atoms with E-state index in [9.17, 15) is 13.5 Å². The smallest absolute Gasteiger partial charge is 0.239 e. The van der Waals surface area contributed by atoms with Crippen molar-refractivity contribution >= 4 is 32.7 Å². The molecule has 0 atom stereocenters. The van der Waals surface area contributed by atoms with Crippen molar-refractivity contribution in [2.24, 2.45) is 5.73 Å². The third-order valence-electron chi connectivity index (χ3n) is 6.23. The zero-order valence-electron chi connectivity index (χ0n) is 21.0. The summed E-state index contributed by atoms with van der Waals surface area (Å²) in [6.45, 7) is 5.11. The lowest BCUT2D eigenvalue weighted by atomic mass is 10.3. The van der Waals surface area contributed by atoms with Gasteiger partial charge in [-0.3, -0.25) is 4.57 Å². The van der Waals surface area contributed by atoms with E-state index in [-0.39, 0.29) is 13.2 Å². The first-order valence-electron chi connectivity index (χ1n) is 12.0. The predicted octanol–water partition coefficient (Wildman–Crippen LogP) is 0.573. The Labute approximate surface area is 211 Å². The fraction of sp³-hybridized carbons (Fsp3) is 0.522. The summed E-state index contributed by atoms with van der Waals surface area (Å²) in [6.07, 6.45) is 2.11. The molecule has 1 fully saturated rings. The predicted molar refractivity (Wildman–Crippen MR) is 139 cm³/mol. The molecule has 196 valence electrons. The zero-order chi connectivity index (χ0) is 25.9. The number of sulfonamides is 1. The van der Waals surface area contributed by atoms with Crippen molar-refractivity contribution in [3.63, 3.8) is 0 Å². The molecule has 1 saturated heterocycles. The van der Waals surface area contributed by atoms with Gasteiger partial charge in [-0.05, 0) is 18.6 Å². The number of rotatable bonds is 10. The Morgan fingerprint density at radius 2 is 1.89 bits per heavy atom. The molecular weight excluding hydrogens is 484 g/mol. The molecule has 0 spiro atoms. The van der Waals surface area contributed by atoms with Gasteiger partial charge in [0, 0.05) is 45.3 Å². The van der Waals surface area contributed by atoms with Crippen molar-refractivity contribution in [1.29, 1.82) is 0 Å². The maximum absolute atomic E-state index is 12.0. The number of aliphatic hydroxyl groups excluding tert-OH is 1. The lowest BCUT2D eigenvalue weighted by Gasteiger charge is -2.34. The van der Waals surface area contributed by atoms with Crippen LogP contribution in [0.1, 0.15) is 19.2 Å². The second kappa shape index (κ2) is 10.9. The first kappa shape index (κ1) is 26.1. The number of fused-ring (bicyclic) bond motifs is 1. The Kier molecular flexibility index (Phi) is 7.93. The van der Waals surface area contributed by atoms with Gasteiger partial charge in [0.1, 0.15) is 28.7 Å². The monoisotopic (exact) mass is 518 g/mol. The zero-order valence-corrected chi connectivity index (χ0v) is 21.8. The average Bonchev–Trinajstić information content (AvgIpc) is 3.27. The Balaban J connectivity index is 1.84. The van der Waals surface area contributed by atoms with Crippen LogP contribution >= 0.6 is 0 Å². The van der Waals surface area contributed by atoms with Crippen LogP contribution in [0.3, 0.4) is 0 Å². The Hall–Kier alpha value is -3.00. The van der Waals surface area contributed by atoms with E-state index in [2.05, 4.69) is 11.8 Å². The summed E-state index contributed by atoms with van der Waals surface area (Å²) in [5, 5.41) is 9.68. The second-order valence-electron chi connectivity index (χ2n) is 8.64. The van der Waals surface area contributed by atoms with E-state index in [1.165, 1.54) is 10.6 Å². The highest BCUT2D eigenvalue weighted by molar-refractivity contribution is 7.88. The van der Waals surface area contributed by atoms with Crippen LogP contribution in [0.4, 0.5) is 11.6 Å². The maximum atomic E-state index is 12.0. The van der Waals surface area contributed by atoms with Crippen LogP contribution in [0.5, 0.6) is 5.75 Å². The van der Waals surface area contributed by atoms with Crippen molar-refractivity contribution in [3.05, 3.63) is 30.1 Å². The summed E-state index contributed by atoms with van der Waals surface area (Å²) in [7, 11) is -1.66. The molecule has 0 saturated carbocycles. The van der Waals surface area contributed by atoms with Crippen LogP contribution in [0, 0.1) is 0 Å². The third-order valence-corrected chi connectivity index (χ3v) is 7.53. The Morgan fingerprint density at radius 1 is 1.14 bits per heavy atom. The van der Waals surface area contributed by atoms with Gasteiger partial charge in [-0.1, -0.05) is 13.0 Å². The largest absolute Gasteiger partial charge is 0.494 e. The summed E-state index contributed by atoms with van der Waals surface area (Å²) in [5.74, 6) is 2.97. The summed E-state index contributed by atoms with van der Waals surface area (Å²) >= 11 is 0. The summed E-state index contributed by atoms with van der Waals surface area (Å²) in [4.78, 5) is 18.5. The highest BCUT2D eigenvalue weighted by atomic mass is 32.2. The van der Waals surface area contributed by atoms with Crippen LogP contribution in [0.2, 0.25) is 0 Å². The van der Waals surface area contributed by atoms with Crippen LogP contribution < -0.4 is 20.3 Å². The van der Waals surface area contributed by atoms with Crippen molar-refractivity contribution in [2.75, 3.05) is 69.0 Å². The molecule has 12 nitrogen and oxygen atoms in total. The van der Waals surface area contributed by atoms with E-state index < -0.39 is 10.0 Å². The fourth-order valence-electron chi connectivity index (χ4n) is 4.46. The number of benzene rings is 1. The second-order valence-corrected chi connectivity index (χ2v) is 10.6. The molecule has 0 aliphatic carbocycles. The molecule has 2 aromatic heterocycles. The number of methoxy groups -OCH3 is 1. The van der Waals surface area contributed by atoms with E-state index in [4.69, 9.17) is 25.4 Å². The van der Waals surface area contributed by atoms with Crippen LogP contribution in [-0.4, -0.2) is 96.6 Å². The van der Waals surface area contributed by atoms with Gasteiger partial charge in [0.15, 0.2) is 0 Å². The molecule has 36 heavy (non-hydrogen) atoms. The molecule has 4 rings (SSSR count). The molecule has 3 N–H and O–H groups in total. The quantitative estimate of drug-likeness (QED) is 0.391. The van der Waals surface area contributed by atoms with Crippen LogP contribution in [0.25, 0.3) is 17.0 Å². The number of imidazole rings is 1. The molecular formula is C23H34N8O4S. The highest BCUT2D eigenvalue weighted by Crippen LogP contribution is 2.30. The number of nitrogens with zero attached hydrogens (tertiary/aromatic N) is 7. The fourth-order valence-corrected chi connectivity index (χ4v) is 5.29. The standard InChI is InChI=1S/C23H34N8O4S/c1-4-8-28(13-14-32)19-15-20(29-9-11-30(12-10-29)36(3,33)34)27-23(26-19)31-17-6-5-7-18(35-2)22(17)25-21(31)16-24/h5-7,15,32H,4,8-14,16,24H2,1-3H3. The first-order valence-corrected chi connectivity index (χ1v) is 13.8. The van der Waals surface area contributed by atoms with Crippen molar-refractivity contribution in [3.8, 4) is 11.7 Å². The maximum Gasteiger partial charge on any atom is 0.239 e. The number of ether oxygens (including phenoxy) is 1. The number of nitrogens with two attached hydrogens (primary N) is 1. The van der Waals surface area contributed by atoms with Gasteiger partial charge in [0.2, 0.25) is 16.0 Å². The van der Waals surface area contributed by atoms with Gasteiger partial charge in [-0.25, -0.2) is 13.4 Å². The topological polar surface area (TPSA) is 143 Å². The molecule has 3 heterocycles. The minimum Gasteiger partial charge on any atom is -0.494 e. The number of para-hydroxylation sites is 1. The molecule has 1 aliphatic heterocycles. The van der Waals surface area contributed by atoms with E-state index >= 15 is 0 Å².